The first-order valence-corrected chi connectivity index (χ1v) is 7.82. The van der Waals surface area contributed by atoms with Gasteiger partial charge in [-0.1, -0.05) is 6.07 Å². The van der Waals surface area contributed by atoms with E-state index in [0.717, 1.165) is 0 Å². The SMILES string of the molecule is COc1cccc(S(=O)(=O)Nc2ccc(F)c(Br)c2)c1. The van der Waals surface area contributed by atoms with Gasteiger partial charge in [0.05, 0.1) is 22.2 Å². The minimum Gasteiger partial charge on any atom is -0.497 e. The molecule has 0 saturated carbocycles. The molecule has 0 bridgehead atoms. The molecule has 0 spiro atoms. The maximum Gasteiger partial charge on any atom is 0.262 e. The van der Waals surface area contributed by atoms with E-state index in [1.807, 2.05) is 0 Å². The zero-order valence-corrected chi connectivity index (χ0v) is 12.8. The van der Waals surface area contributed by atoms with Crippen LogP contribution in [0.5, 0.6) is 5.75 Å². The Kier molecular flexibility index (Phi) is 4.29. The van der Waals surface area contributed by atoms with Crippen molar-refractivity contribution < 1.29 is 17.5 Å². The normalized spacial score (nSPS) is 11.2. The van der Waals surface area contributed by atoms with Gasteiger partial charge in [0.15, 0.2) is 0 Å². The van der Waals surface area contributed by atoms with Crippen molar-refractivity contribution >= 4 is 31.6 Å². The van der Waals surface area contributed by atoms with Crippen LogP contribution in [-0.4, -0.2) is 15.5 Å². The van der Waals surface area contributed by atoms with Gasteiger partial charge in [0.2, 0.25) is 0 Å². The second-order valence-corrected chi connectivity index (χ2v) is 6.45. The van der Waals surface area contributed by atoms with Crippen LogP contribution in [0, 0.1) is 5.82 Å². The summed E-state index contributed by atoms with van der Waals surface area (Å²) in [5, 5.41) is 0. The van der Waals surface area contributed by atoms with Gasteiger partial charge in [0.1, 0.15) is 11.6 Å². The van der Waals surface area contributed by atoms with E-state index in [4.69, 9.17) is 4.74 Å². The van der Waals surface area contributed by atoms with E-state index in [1.165, 1.54) is 37.4 Å². The summed E-state index contributed by atoms with van der Waals surface area (Å²) >= 11 is 3.00. The summed E-state index contributed by atoms with van der Waals surface area (Å²) in [5.41, 5.74) is 0.265. The zero-order chi connectivity index (χ0) is 14.8. The lowest BCUT2D eigenvalue weighted by Crippen LogP contribution is -2.13. The second-order valence-electron chi connectivity index (χ2n) is 3.91. The lowest BCUT2D eigenvalue weighted by Gasteiger charge is -2.09. The Morgan fingerprint density at radius 2 is 1.95 bits per heavy atom. The molecule has 4 nitrogen and oxygen atoms in total. The first-order chi connectivity index (χ1) is 9.42. The van der Waals surface area contributed by atoms with E-state index in [2.05, 4.69) is 20.7 Å². The third-order valence-electron chi connectivity index (χ3n) is 2.52. The van der Waals surface area contributed by atoms with Gasteiger partial charge < -0.3 is 4.74 Å². The lowest BCUT2D eigenvalue weighted by atomic mass is 10.3. The quantitative estimate of drug-likeness (QED) is 0.909. The maximum atomic E-state index is 13.1. The summed E-state index contributed by atoms with van der Waals surface area (Å²) in [6, 6.07) is 9.95. The van der Waals surface area contributed by atoms with Crippen molar-refractivity contribution in [1.82, 2.24) is 0 Å². The van der Waals surface area contributed by atoms with Crippen molar-refractivity contribution in [2.75, 3.05) is 11.8 Å². The van der Waals surface area contributed by atoms with Gasteiger partial charge in [-0.2, -0.15) is 0 Å². The topological polar surface area (TPSA) is 55.4 Å². The third-order valence-corrected chi connectivity index (χ3v) is 4.51. The maximum absolute atomic E-state index is 13.1. The van der Waals surface area contributed by atoms with Crippen molar-refractivity contribution in [2.45, 2.75) is 4.90 Å². The lowest BCUT2D eigenvalue weighted by molar-refractivity contribution is 0.413. The van der Waals surface area contributed by atoms with Crippen LogP contribution >= 0.6 is 15.9 Å². The van der Waals surface area contributed by atoms with E-state index in [-0.39, 0.29) is 15.1 Å². The summed E-state index contributed by atoms with van der Waals surface area (Å²) in [6.07, 6.45) is 0. The van der Waals surface area contributed by atoms with Crippen LogP contribution in [0.25, 0.3) is 0 Å². The van der Waals surface area contributed by atoms with Crippen molar-refractivity contribution in [2.24, 2.45) is 0 Å². The highest BCUT2D eigenvalue weighted by Gasteiger charge is 2.15. The number of hydrogen-bond acceptors (Lipinski definition) is 3. The molecular formula is C13H11BrFNO3S. The zero-order valence-electron chi connectivity index (χ0n) is 10.4. The van der Waals surface area contributed by atoms with Gasteiger partial charge >= 0.3 is 0 Å². The molecule has 0 aromatic heterocycles. The summed E-state index contributed by atoms with van der Waals surface area (Å²) < 4.78 is 45.0. The molecule has 0 unspecified atom stereocenters. The fraction of sp³-hybridized carbons (Fsp3) is 0.0769. The van der Waals surface area contributed by atoms with Crippen LogP contribution in [0.3, 0.4) is 0 Å². The molecule has 0 heterocycles. The largest absolute Gasteiger partial charge is 0.497 e. The number of sulfonamides is 1. The summed E-state index contributed by atoms with van der Waals surface area (Å²) in [5.74, 6) is -0.0255. The van der Waals surface area contributed by atoms with E-state index >= 15 is 0 Å². The van der Waals surface area contributed by atoms with E-state index in [9.17, 15) is 12.8 Å². The van der Waals surface area contributed by atoms with Gasteiger partial charge in [-0.25, -0.2) is 12.8 Å². The Hall–Kier alpha value is -1.60. The first kappa shape index (κ1) is 14.8. The molecule has 2 rings (SSSR count). The van der Waals surface area contributed by atoms with E-state index in [0.29, 0.717) is 5.75 Å². The fourth-order valence-corrected chi connectivity index (χ4v) is 3.00. The molecule has 7 heteroatoms. The van der Waals surface area contributed by atoms with Crippen LogP contribution in [0.15, 0.2) is 51.8 Å². The second kappa shape index (κ2) is 5.80. The molecule has 0 aliphatic rings. The number of benzene rings is 2. The summed E-state index contributed by atoms with van der Waals surface area (Å²) in [6.45, 7) is 0. The predicted octanol–water partition coefficient (Wildman–Crippen LogP) is 3.40. The Balaban J connectivity index is 2.32. The van der Waals surface area contributed by atoms with E-state index < -0.39 is 15.8 Å². The molecule has 20 heavy (non-hydrogen) atoms. The summed E-state index contributed by atoms with van der Waals surface area (Å²) in [4.78, 5) is 0.0669. The van der Waals surface area contributed by atoms with Gasteiger partial charge in [-0.05, 0) is 46.3 Å². The van der Waals surface area contributed by atoms with Crippen molar-refractivity contribution in [3.63, 3.8) is 0 Å². The van der Waals surface area contributed by atoms with Crippen molar-refractivity contribution in [1.29, 1.82) is 0 Å². The number of halogens is 2. The minimum absolute atomic E-state index is 0.0669. The number of anilines is 1. The Morgan fingerprint density at radius 3 is 2.60 bits per heavy atom. The van der Waals surface area contributed by atoms with Crippen LogP contribution in [0.2, 0.25) is 0 Å². The average molecular weight is 360 g/mol. The fourth-order valence-electron chi connectivity index (χ4n) is 1.54. The Morgan fingerprint density at radius 1 is 1.20 bits per heavy atom. The molecular weight excluding hydrogens is 349 g/mol. The molecule has 0 aliphatic heterocycles. The standard InChI is InChI=1S/C13H11BrFNO3S/c1-19-10-3-2-4-11(8-10)20(17,18)16-9-5-6-13(15)12(14)7-9/h2-8,16H,1H3. The Labute approximate surface area is 124 Å². The smallest absolute Gasteiger partial charge is 0.262 e. The molecule has 0 fully saturated rings. The molecule has 1 N–H and O–H groups in total. The molecule has 2 aromatic carbocycles. The van der Waals surface area contributed by atoms with Gasteiger partial charge in [-0.3, -0.25) is 4.72 Å². The predicted molar refractivity (Wildman–Crippen MR) is 77.9 cm³/mol. The van der Waals surface area contributed by atoms with Crippen molar-refractivity contribution in [3.8, 4) is 5.75 Å². The van der Waals surface area contributed by atoms with Crippen LogP contribution in [0.1, 0.15) is 0 Å². The van der Waals surface area contributed by atoms with Gasteiger partial charge in [-0.15, -0.1) is 0 Å². The summed E-state index contributed by atoms with van der Waals surface area (Å²) in [7, 11) is -2.29. The average Bonchev–Trinajstić information content (AvgIpc) is 2.43. The molecule has 106 valence electrons. The molecule has 0 radical (unpaired) electrons. The first-order valence-electron chi connectivity index (χ1n) is 5.54. The molecule has 0 atom stereocenters. The number of ether oxygens (including phenoxy) is 1. The molecule has 0 aliphatic carbocycles. The molecule has 0 amide bonds. The van der Waals surface area contributed by atoms with E-state index in [1.54, 1.807) is 12.1 Å². The minimum atomic E-state index is -3.75. The number of nitrogens with one attached hydrogen (secondary N) is 1. The highest BCUT2D eigenvalue weighted by Crippen LogP contribution is 2.23. The van der Waals surface area contributed by atoms with Crippen LogP contribution < -0.4 is 9.46 Å². The van der Waals surface area contributed by atoms with Crippen molar-refractivity contribution in [3.05, 3.63) is 52.8 Å². The van der Waals surface area contributed by atoms with Crippen LogP contribution in [-0.2, 0) is 10.0 Å². The number of hydrogen-bond donors (Lipinski definition) is 1. The highest BCUT2D eigenvalue weighted by molar-refractivity contribution is 9.10. The van der Waals surface area contributed by atoms with Gasteiger partial charge in [0, 0.05) is 6.07 Å². The highest BCUT2D eigenvalue weighted by atomic mass is 79.9. The Bertz CT molecular complexity index is 734. The number of rotatable bonds is 4. The molecule has 0 saturated heterocycles. The van der Waals surface area contributed by atoms with Gasteiger partial charge in [0.25, 0.3) is 10.0 Å². The third kappa shape index (κ3) is 3.29. The number of methoxy groups -OCH3 is 1. The monoisotopic (exact) mass is 359 g/mol. The van der Waals surface area contributed by atoms with Crippen LogP contribution in [0.4, 0.5) is 10.1 Å². The molecule has 2 aromatic rings.